The lowest BCUT2D eigenvalue weighted by Gasteiger charge is -2.06. The van der Waals surface area contributed by atoms with Crippen LogP contribution in [0.3, 0.4) is 0 Å². The topological polar surface area (TPSA) is 84.8 Å². The molecular weight excluding hydrogens is 284 g/mol. The van der Waals surface area contributed by atoms with Crippen LogP contribution < -0.4 is 10.5 Å². The van der Waals surface area contributed by atoms with Crippen LogP contribution in [0.2, 0.25) is 0 Å². The van der Waals surface area contributed by atoms with Gasteiger partial charge >= 0.3 is 0 Å². The first-order chi connectivity index (χ1) is 8.19. The summed E-state index contributed by atoms with van der Waals surface area (Å²) >= 11 is 3.27. The third-order valence-electron chi connectivity index (χ3n) is 1.89. The van der Waals surface area contributed by atoms with Gasteiger partial charge in [0.15, 0.2) is 0 Å². The lowest BCUT2D eigenvalue weighted by atomic mass is 10.3. The van der Waals surface area contributed by atoms with Gasteiger partial charge < -0.3 is 10.5 Å². The molecule has 0 fully saturated rings. The number of anilines is 1. The minimum atomic E-state index is 0.210. The van der Waals surface area contributed by atoms with Crippen molar-refractivity contribution in [3.05, 3.63) is 40.8 Å². The van der Waals surface area contributed by atoms with Gasteiger partial charge in [0.2, 0.25) is 5.88 Å². The third kappa shape index (κ3) is 2.71. The van der Waals surface area contributed by atoms with E-state index in [0.717, 1.165) is 4.47 Å². The standard InChI is InChI=1S/C11H7BrN4O/c12-8-2-10(6-15-4-8)17-11-7(3-13)1-9(14)5-16-11/h1-2,4-6H,14H2. The van der Waals surface area contributed by atoms with Crippen molar-refractivity contribution in [1.29, 1.82) is 5.26 Å². The molecule has 0 aliphatic carbocycles. The number of hydrogen-bond donors (Lipinski definition) is 1. The van der Waals surface area contributed by atoms with E-state index in [1.54, 1.807) is 12.3 Å². The van der Waals surface area contributed by atoms with Crippen LogP contribution in [0, 0.1) is 11.3 Å². The summed E-state index contributed by atoms with van der Waals surface area (Å²) in [6, 6.07) is 5.21. The van der Waals surface area contributed by atoms with Crippen molar-refractivity contribution >= 4 is 21.6 Å². The molecule has 0 saturated heterocycles. The number of halogens is 1. The molecule has 2 aromatic rings. The number of hydrogen-bond acceptors (Lipinski definition) is 5. The van der Waals surface area contributed by atoms with Crippen molar-refractivity contribution in [3.8, 4) is 17.7 Å². The number of nitrogens with zero attached hydrogens (tertiary/aromatic N) is 3. The van der Waals surface area contributed by atoms with Crippen molar-refractivity contribution in [2.75, 3.05) is 5.73 Å². The first-order valence-corrected chi connectivity index (χ1v) is 5.42. The smallest absolute Gasteiger partial charge is 0.237 e. The summed E-state index contributed by atoms with van der Waals surface area (Å²) in [7, 11) is 0. The molecule has 0 aliphatic rings. The van der Waals surface area contributed by atoms with E-state index in [-0.39, 0.29) is 11.4 Å². The fraction of sp³-hybridized carbons (Fsp3) is 0. The average Bonchev–Trinajstić information content (AvgIpc) is 2.31. The Morgan fingerprint density at radius 1 is 1.29 bits per heavy atom. The molecule has 0 saturated carbocycles. The second-order valence-electron chi connectivity index (χ2n) is 3.17. The Morgan fingerprint density at radius 3 is 2.82 bits per heavy atom. The molecule has 2 heterocycles. The van der Waals surface area contributed by atoms with Gasteiger partial charge in [-0.25, -0.2) is 4.98 Å². The first kappa shape index (κ1) is 11.4. The molecule has 2 rings (SSSR count). The molecule has 6 heteroatoms. The second-order valence-corrected chi connectivity index (χ2v) is 4.09. The number of nitrogens with two attached hydrogens (primary N) is 1. The lowest BCUT2D eigenvalue weighted by molar-refractivity contribution is 0.459. The molecule has 0 unspecified atom stereocenters. The molecule has 17 heavy (non-hydrogen) atoms. The first-order valence-electron chi connectivity index (χ1n) is 4.63. The fourth-order valence-corrected chi connectivity index (χ4v) is 1.53. The van der Waals surface area contributed by atoms with Crippen LogP contribution in [0.25, 0.3) is 0 Å². The molecule has 2 N–H and O–H groups in total. The Kier molecular flexibility index (Phi) is 3.21. The van der Waals surface area contributed by atoms with Crippen molar-refractivity contribution in [2.24, 2.45) is 0 Å². The Morgan fingerprint density at radius 2 is 2.12 bits per heavy atom. The van der Waals surface area contributed by atoms with Crippen molar-refractivity contribution in [2.45, 2.75) is 0 Å². The summed E-state index contributed by atoms with van der Waals surface area (Å²) in [4.78, 5) is 7.91. The number of ether oxygens (including phenoxy) is 1. The maximum atomic E-state index is 8.93. The van der Waals surface area contributed by atoms with E-state index in [2.05, 4.69) is 25.9 Å². The van der Waals surface area contributed by atoms with Crippen LogP contribution in [0.5, 0.6) is 11.6 Å². The average molecular weight is 291 g/mol. The van der Waals surface area contributed by atoms with Crippen molar-refractivity contribution < 1.29 is 4.74 Å². The summed E-state index contributed by atoms with van der Waals surface area (Å²) < 4.78 is 6.24. The van der Waals surface area contributed by atoms with Gasteiger partial charge in [0.1, 0.15) is 17.4 Å². The summed E-state index contributed by atoms with van der Waals surface area (Å²) in [6.07, 6.45) is 4.60. The van der Waals surface area contributed by atoms with E-state index < -0.39 is 0 Å². The zero-order valence-electron chi connectivity index (χ0n) is 8.59. The van der Waals surface area contributed by atoms with Crippen molar-refractivity contribution in [1.82, 2.24) is 9.97 Å². The van der Waals surface area contributed by atoms with Crippen LogP contribution in [0.1, 0.15) is 5.56 Å². The van der Waals surface area contributed by atoms with E-state index in [1.165, 1.54) is 18.5 Å². The van der Waals surface area contributed by atoms with Gasteiger partial charge in [-0.1, -0.05) is 0 Å². The normalized spacial score (nSPS) is 9.65. The summed E-state index contributed by atoms with van der Waals surface area (Å²) in [5.74, 6) is 0.703. The van der Waals surface area contributed by atoms with Gasteiger partial charge in [0, 0.05) is 10.7 Å². The van der Waals surface area contributed by atoms with Crippen molar-refractivity contribution in [3.63, 3.8) is 0 Å². The highest BCUT2D eigenvalue weighted by Gasteiger charge is 2.07. The number of nitrogen functional groups attached to an aromatic ring is 1. The van der Waals surface area contributed by atoms with Crippen LogP contribution in [0.4, 0.5) is 5.69 Å². The number of aromatic nitrogens is 2. The van der Waals surface area contributed by atoms with Gasteiger partial charge in [-0.05, 0) is 28.1 Å². The maximum Gasteiger partial charge on any atom is 0.237 e. The van der Waals surface area contributed by atoms with E-state index in [4.69, 9.17) is 15.7 Å². The number of nitriles is 1. The van der Waals surface area contributed by atoms with Gasteiger partial charge in [0.25, 0.3) is 0 Å². The van der Waals surface area contributed by atoms with E-state index in [1.807, 2.05) is 6.07 Å². The zero-order valence-corrected chi connectivity index (χ0v) is 10.2. The molecule has 0 aromatic carbocycles. The summed E-state index contributed by atoms with van der Waals surface area (Å²) in [6.45, 7) is 0. The van der Waals surface area contributed by atoms with Gasteiger partial charge in [-0.3, -0.25) is 4.98 Å². The molecule has 0 aliphatic heterocycles. The highest BCUT2D eigenvalue weighted by Crippen LogP contribution is 2.25. The van der Waals surface area contributed by atoms with Gasteiger partial charge in [-0.2, -0.15) is 5.26 Å². The minimum Gasteiger partial charge on any atom is -0.436 e. The highest BCUT2D eigenvalue weighted by molar-refractivity contribution is 9.10. The Hall–Kier alpha value is -2.13. The zero-order chi connectivity index (χ0) is 12.3. The Labute approximate surface area is 106 Å². The van der Waals surface area contributed by atoms with Gasteiger partial charge in [-0.15, -0.1) is 0 Å². The SMILES string of the molecule is N#Cc1cc(N)cnc1Oc1cncc(Br)c1. The second kappa shape index (κ2) is 4.80. The van der Waals surface area contributed by atoms with Crippen LogP contribution in [-0.2, 0) is 0 Å². The largest absolute Gasteiger partial charge is 0.436 e. The Bertz CT molecular complexity index is 594. The molecule has 0 atom stereocenters. The minimum absolute atomic E-state index is 0.210. The maximum absolute atomic E-state index is 8.93. The van der Waals surface area contributed by atoms with Crippen LogP contribution >= 0.6 is 15.9 Å². The molecule has 0 bridgehead atoms. The third-order valence-corrected chi connectivity index (χ3v) is 2.32. The number of pyridine rings is 2. The fourth-order valence-electron chi connectivity index (χ4n) is 1.19. The van der Waals surface area contributed by atoms with E-state index in [9.17, 15) is 0 Å². The van der Waals surface area contributed by atoms with E-state index in [0.29, 0.717) is 11.4 Å². The Balaban J connectivity index is 2.34. The molecule has 0 radical (unpaired) electrons. The predicted octanol–water partition coefficient (Wildman–Crippen LogP) is 2.49. The lowest BCUT2D eigenvalue weighted by Crippen LogP contribution is -1.95. The van der Waals surface area contributed by atoms with Crippen LogP contribution in [0.15, 0.2) is 35.2 Å². The predicted molar refractivity (Wildman–Crippen MR) is 65.4 cm³/mol. The highest BCUT2D eigenvalue weighted by atomic mass is 79.9. The van der Waals surface area contributed by atoms with Gasteiger partial charge in [0.05, 0.1) is 18.1 Å². The quantitative estimate of drug-likeness (QED) is 0.918. The van der Waals surface area contributed by atoms with Crippen LogP contribution in [-0.4, -0.2) is 9.97 Å². The monoisotopic (exact) mass is 290 g/mol. The summed E-state index contributed by atoms with van der Waals surface area (Å²) in [5, 5.41) is 8.93. The molecule has 84 valence electrons. The number of rotatable bonds is 2. The summed E-state index contributed by atoms with van der Waals surface area (Å²) in [5.41, 5.74) is 6.23. The molecule has 5 nitrogen and oxygen atoms in total. The van der Waals surface area contributed by atoms with E-state index >= 15 is 0 Å². The molecule has 2 aromatic heterocycles. The molecule has 0 amide bonds. The molecule has 0 spiro atoms. The molecular formula is C11H7BrN4O.